The van der Waals surface area contributed by atoms with Crippen molar-refractivity contribution < 1.29 is 0 Å². The summed E-state index contributed by atoms with van der Waals surface area (Å²) in [5.41, 5.74) is 2.08. The maximum atomic E-state index is 3.98. The van der Waals surface area contributed by atoms with E-state index in [1.807, 2.05) is 30.5 Å². The van der Waals surface area contributed by atoms with E-state index in [1.54, 1.807) is 10.9 Å². The fourth-order valence-corrected chi connectivity index (χ4v) is 1.44. The molecule has 4 heteroatoms. The summed E-state index contributed by atoms with van der Waals surface area (Å²) in [5, 5.41) is 11.2. The predicted molar refractivity (Wildman–Crippen MR) is 60.1 cm³/mol. The van der Waals surface area contributed by atoms with E-state index in [-0.39, 0.29) is 0 Å². The molecule has 0 unspecified atom stereocenters. The van der Waals surface area contributed by atoms with Gasteiger partial charge in [0.2, 0.25) is 0 Å². The van der Waals surface area contributed by atoms with Crippen LogP contribution < -0.4 is 5.32 Å². The van der Waals surface area contributed by atoms with Crippen LogP contribution in [0.1, 0.15) is 13.8 Å². The Morgan fingerprint density at radius 3 is 2.73 bits per heavy atom. The zero-order valence-corrected chi connectivity index (χ0v) is 8.88. The van der Waals surface area contributed by atoms with Gasteiger partial charge < -0.3 is 5.32 Å². The predicted octanol–water partition coefficient (Wildman–Crippen LogP) is 2.09. The highest BCUT2D eigenvalue weighted by Crippen LogP contribution is 2.19. The van der Waals surface area contributed by atoms with Gasteiger partial charge in [-0.1, -0.05) is 17.3 Å². The topological polar surface area (TPSA) is 42.7 Å². The molecule has 2 aromatic rings. The van der Waals surface area contributed by atoms with E-state index in [1.165, 1.54) is 0 Å². The van der Waals surface area contributed by atoms with Gasteiger partial charge in [0.1, 0.15) is 0 Å². The molecule has 0 saturated heterocycles. The third kappa shape index (κ3) is 2.15. The molecule has 0 atom stereocenters. The van der Waals surface area contributed by atoms with Crippen LogP contribution in [0.25, 0.3) is 5.69 Å². The Morgan fingerprint density at radius 1 is 1.27 bits per heavy atom. The van der Waals surface area contributed by atoms with E-state index < -0.39 is 0 Å². The van der Waals surface area contributed by atoms with Crippen molar-refractivity contribution >= 4 is 5.69 Å². The van der Waals surface area contributed by atoms with Gasteiger partial charge >= 0.3 is 0 Å². The summed E-state index contributed by atoms with van der Waals surface area (Å²) in [6.07, 6.45) is 3.51. The van der Waals surface area contributed by atoms with Crippen LogP contribution >= 0.6 is 0 Å². The van der Waals surface area contributed by atoms with Crippen LogP contribution in [0.3, 0.4) is 0 Å². The van der Waals surface area contributed by atoms with Crippen LogP contribution in [-0.2, 0) is 0 Å². The Hall–Kier alpha value is -1.84. The second-order valence-corrected chi connectivity index (χ2v) is 3.66. The molecule has 0 fully saturated rings. The SMILES string of the molecule is CC(C)Nc1ccccc1-n1ccnn1. The lowest BCUT2D eigenvalue weighted by molar-refractivity contribution is 0.799. The van der Waals surface area contributed by atoms with Crippen molar-refractivity contribution in [1.29, 1.82) is 0 Å². The Morgan fingerprint density at radius 2 is 2.07 bits per heavy atom. The highest BCUT2D eigenvalue weighted by molar-refractivity contribution is 5.60. The van der Waals surface area contributed by atoms with Crippen LogP contribution in [0.2, 0.25) is 0 Å². The molecule has 0 aliphatic heterocycles. The summed E-state index contributed by atoms with van der Waals surface area (Å²) >= 11 is 0. The van der Waals surface area contributed by atoms with E-state index in [0.29, 0.717) is 6.04 Å². The third-order valence-electron chi connectivity index (χ3n) is 2.02. The van der Waals surface area contributed by atoms with Gasteiger partial charge in [-0.2, -0.15) is 0 Å². The lowest BCUT2D eigenvalue weighted by atomic mass is 10.2. The highest BCUT2D eigenvalue weighted by atomic mass is 15.4. The molecule has 0 aliphatic carbocycles. The molecule has 0 amide bonds. The van der Waals surface area contributed by atoms with Gasteiger partial charge in [-0.05, 0) is 26.0 Å². The Kier molecular flexibility index (Phi) is 2.67. The minimum atomic E-state index is 0.398. The monoisotopic (exact) mass is 202 g/mol. The lowest BCUT2D eigenvalue weighted by Gasteiger charge is -2.13. The normalized spacial score (nSPS) is 10.6. The van der Waals surface area contributed by atoms with Crippen LogP contribution in [0.5, 0.6) is 0 Å². The summed E-state index contributed by atoms with van der Waals surface area (Å²) < 4.78 is 1.75. The first-order valence-corrected chi connectivity index (χ1v) is 4.99. The van der Waals surface area contributed by atoms with Crippen molar-refractivity contribution in [2.75, 3.05) is 5.32 Å². The molecule has 0 radical (unpaired) electrons. The Labute approximate surface area is 88.9 Å². The number of aromatic nitrogens is 3. The minimum absolute atomic E-state index is 0.398. The molecule has 0 aliphatic rings. The Bertz CT molecular complexity index is 420. The molecule has 15 heavy (non-hydrogen) atoms. The number of anilines is 1. The van der Waals surface area contributed by atoms with Gasteiger partial charge in [0.15, 0.2) is 0 Å². The van der Waals surface area contributed by atoms with Crippen molar-refractivity contribution in [3.05, 3.63) is 36.7 Å². The number of hydrogen-bond donors (Lipinski definition) is 1. The van der Waals surface area contributed by atoms with Crippen molar-refractivity contribution in [1.82, 2.24) is 15.0 Å². The average molecular weight is 202 g/mol. The third-order valence-corrected chi connectivity index (χ3v) is 2.02. The maximum absolute atomic E-state index is 3.98. The standard InChI is InChI=1S/C11H14N4/c1-9(2)13-10-5-3-4-6-11(10)15-8-7-12-14-15/h3-9,13H,1-2H3. The van der Waals surface area contributed by atoms with Crippen LogP contribution in [-0.4, -0.2) is 21.0 Å². The fraction of sp³-hybridized carbons (Fsp3) is 0.273. The van der Waals surface area contributed by atoms with Gasteiger partial charge in [-0.25, -0.2) is 4.68 Å². The second-order valence-electron chi connectivity index (χ2n) is 3.66. The molecule has 0 spiro atoms. The van der Waals surface area contributed by atoms with Crippen LogP contribution in [0, 0.1) is 0 Å². The number of para-hydroxylation sites is 2. The van der Waals surface area contributed by atoms with E-state index >= 15 is 0 Å². The zero-order chi connectivity index (χ0) is 10.7. The Balaban J connectivity index is 2.38. The average Bonchev–Trinajstić information content (AvgIpc) is 2.70. The molecule has 0 bridgehead atoms. The van der Waals surface area contributed by atoms with Crippen LogP contribution in [0.15, 0.2) is 36.7 Å². The molecule has 1 N–H and O–H groups in total. The molecule has 1 aromatic heterocycles. The quantitative estimate of drug-likeness (QED) is 0.828. The molecule has 4 nitrogen and oxygen atoms in total. The first kappa shape index (κ1) is 9.71. The van der Waals surface area contributed by atoms with Gasteiger partial charge in [0.25, 0.3) is 0 Å². The van der Waals surface area contributed by atoms with E-state index in [9.17, 15) is 0 Å². The highest BCUT2D eigenvalue weighted by Gasteiger charge is 2.04. The molecule has 2 rings (SSSR count). The molecular formula is C11H14N4. The van der Waals surface area contributed by atoms with Gasteiger partial charge in [0, 0.05) is 6.04 Å². The smallest absolute Gasteiger partial charge is 0.0894 e. The molecule has 78 valence electrons. The largest absolute Gasteiger partial charge is 0.381 e. The van der Waals surface area contributed by atoms with Crippen molar-refractivity contribution in [3.8, 4) is 5.69 Å². The molecular weight excluding hydrogens is 188 g/mol. The molecule has 1 heterocycles. The number of hydrogen-bond acceptors (Lipinski definition) is 3. The number of rotatable bonds is 3. The summed E-state index contributed by atoms with van der Waals surface area (Å²) in [6.45, 7) is 4.22. The minimum Gasteiger partial charge on any atom is -0.381 e. The summed E-state index contributed by atoms with van der Waals surface area (Å²) in [4.78, 5) is 0. The first-order chi connectivity index (χ1) is 7.27. The number of benzene rings is 1. The van der Waals surface area contributed by atoms with Crippen molar-refractivity contribution in [2.45, 2.75) is 19.9 Å². The summed E-state index contributed by atoms with van der Waals surface area (Å²) in [5.74, 6) is 0. The molecule has 0 saturated carbocycles. The van der Waals surface area contributed by atoms with E-state index in [4.69, 9.17) is 0 Å². The van der Waals surface area contributed by atoms with Gasteiger partial charge in [-0.15, -0.1) is 5.10 Å². The second kappa shape index (κ2) is 4.13. The zero-order valence-electron chi connectivity index (χ0n) is 8.88. The number of nitrogens with zero attached hydrogens (tertiary/aromatic N) is 3. The number of nitrogens with one attached hydrogen (secondary N) is 1. The lowest BCUT2D eigenvalue weighted by Crippen LogP contribution is -2.12. The summed E-state index contributed by atoms with van der Waals surface area (Å²) in [7, 11) is 0. The van der Waals surface area contributed by atoms with E-state index in [0.717, 1.165) is 11.4 Å². The van der Waals surface area contributed by atoms with Gasteiger partial charge in [-0.3, -0.25) is 0 Å². The van der Waals surface area contributed by atoms with Crippen LogP contribution in [0.4, 0.5) is 5.69 Å². The maximum Gasteiger partial charge on any atom is 0.0894 e. The van der Waals surface area contributed by atoms with Crippen molar-refractivity contribution in [3.63, 3.8) is 0 Å². The summed E-state index contributed by atoms with van der Waals surface area (Å²) in [6, 6.07) is 8.44. The molecule has 1 aromatic carbocycles. The first-order valence-electron chi connectivity index (χ1n) is 4.99. The van der Waals surface area contributed by atoms with Crippen molar-refractivity contribution in [2.24, 2.45) is 0 Å². The van der Waals surface area contributed by atoms with Gasteiger partial charge in [0.05, 0.1) is 23.8 Å². The van der Waals surface area contributed by atoms with E-state index in [2.05, 4.69) is 29.5 Å². The fourth-order valence-electron chi connectivity index (χ4n) is 1.44.